The van der Waals surface area contributed by atoms with Crippen molar-refractivity contribution < 1.29 is 0 Å². The van der Waals surface area contributed by atoms with Crippen molar-refractivity contribution in [2.75, 3.05) is 5.32 Å². The van der Waals surface area contributed by atoms with Gasteiger partial charge in [-0.2, -0.15) is 0 Å². The number of aromatic nitrogens is 3. The summed E-state index contributed by atoms with van der Waals surface area (Å²) in [6, 6.07) is 0.143. The van der Waals surface area contributed by atoms with Crippen LogP contribution < -0.4 is 5.32 Å². The number of nitrogens with zero attached hydrogens (tertiary/aromatic N) is 3. The Morgan fingerprint density at radius 3 is 2.81 bits per heavy atom. The van der Waals surface area contributed by atoms with Crippen LogP contribution in [0.5, 0.6) is 0 Å². The second-order valence-corrected chi connectivity index (χ2v) is 5.52. The predicted octanol–water partition coefficient (Wildman–Crippen LogP) is 3.18. The van der Waals surface area contributed by atoms with Crippen LogP contribution in [0, 0.1) is 6.92 Å². The third-order valence-corrected chi connectivity index (χ3v) is 3.71. The molecule has 0 aliphatic heterocycles. The van der Waals surface area contributed by atoms with Gasteiger partial charge in [-0.15, -0.1) is 11.3 Å². The Labute approximate surface area is 106 Å². The van der Waals surface area contributed by atoms with E-state index in [1.165, 1.54) is 11.2 Å². The zero-order valence-electron chi connectivity index (χ0n) is 8.94. The highest BCUT2D eigenvalue weighted by molar-refractivity contribution is 9.10. The van der Waals surface area contributed by atoms with E-state index in [2.05, 4.69) is 50.0 Å². The van der Waals surface area contributed by atoms with E-state index in [0.29, 0.717) is 0 Å². The minimum Gasteiger partial charge on any atom is -0.360 e. The van der Waals surface area contributed by atoms with E-state index in [-0.39, 0.29) is 6.04 Å². The summed E-state index contributed by atoms with van der Waals surface area (Å²) in [5, 5.41) is 4.35. The van der Waals surface area contributed by atoms with E-state index < -0.39 is 0 Å². The molecule has 0 spiro atoms. The zero-order valence-corrected chi connectivity index (χ0v) is 11.3. The molecule has 16 heavy (non-hydrogen) atoms. The fourth-order valence-corrected chi connectivity index (χ4v) is 2.37. The third-order valence-electron chi connectivity index (χ3n) is 2.03. The van der Waals surface area contributed by atoms with Gasteiger partial charge in [-0.25, -0.2) is 15.0 Å². The van der Waals surface area contributed by atoms with Gasteiger partial charge in [-0.05, 0) is 29.8 Å². The maximum atomic E-state index is 4.34. The lowest BCUT2D eigenvalue weighted by atomic mass is 10.3. The number of rotatable bonds is 3. The van der Waals surface area contributed by atoms with E-state index in [9.17, 15) is 0 Å². The molecule has 0 saturated heterocycles. The molecule has 0 bridgehead atoms. The molecule has 6 heteroatoms. The van der Waals surface area contributed by atoms with Crippen molar-refractivity contribution in [3.05, 3.63) is 33.1 Å². The van der Waals surface area contributed by atoms with E-state index in [1.807, 2.05) is 6.20 Å². The first kappa shape index (κ1) is 11.5. The highest BCUT2D eigenvalue weighted by atomic mass is 79.9. The first-order valence-corrected chi connectivity index (χ1v) is 6.42. The molecule has 2 rings (SSSR count). The molecule has 1 unspecified atom stereocenters. The maximum absolute atomic E-state index is 4.34. The second kappa shape index (κ2) is 4.88. The number of thiazole rings is 1. The Morgan fingerprint density at radius 1 is 1.38 bits per heavy atom. The van der Waals surface area contributed by atoms with Crippen LogP contribution in [0.15, 0.2) is 23.2 Å². The van der Waals surface area contributed by atoms with Crippen LogP contribution in [-0.4, -0.2) is 15.0 Å². The highest BCUT2D eigenvalue weighted by Gasteiger charge is 2.11. The molecule has 1 atom stereocenters. The average molecular weight is 299 g/mol. The van der Waals surface area contributed by atoms with Crippen molar-refractivity contribution in [1.82, 2.24) is 15.0 Å². The molecule has 0 aromatic carbocycles. The number of halogens is 1. The molecule has 4 nitrogen and oxygen atoms in total. The van der Waals surface area contributed by atoms with E-state index in [1.54, 1.807) is 17.5 Å². The van der Waals surface area contributed by atoms with Crippen LogP contribution in [0.2, 0.25) is 0 Å². The number of nitrogens with one attached hydrogen (secondary N) is 1. The van der Waals surface area contributed by atoms with Crippen LogP contribution in [0.4, 0.5) is 5.82 Å². The molecule has 0 amide bonds. The summed E-state index contributed by atoms with van der Waals surface area (Å²) < 4.78 is 0.857. The quantitative estimate of drug-likeness (QED) is 0.945. The average Bonchev–Trinajstić information content (AvgIpc) is 2.68. The SMILES string of the molecule is Cc1cnc(C(C)Nc2ncncc2Br)s1. The molecular weight excluding hydrogens is 288 g/mol. The van der Waals surface area contributed by atoms with Gasteiger partial charge in [0.15, 0.2) is 0 Å². The molecule has 0 radical (unpaired) electrons. The molecule has 2 aromatic heterocycles. The normalized spacial score (nSPS) is 12.4. The Balaban J connectivity index is 2.13. The van der Waals surface area contributed by atoms with Crippen molar-refractivity contribution in [2.24, 2.45) is 0 Å². The van der Waals surface area contributed by atoms with E-state index in [4.69, 9.17) is 0 Å². The molecule has 2 heterocycles. The number of anilines is 1. The summed E-state index contributed by atoms with van der Waals surface area (Å²) in [5.74, 6) is 0.787. The van der Waals surface area contributed by atoms with Crippen molar-refractivity contribution in [3.8, 4) is 0 Å². The summed E-state index contributed by atoms with van der Waals surface area (Å²) >= 11 is 5.09. The van der Waals surface area contributed by atoms with Crippen LogP contribution in [0.3, 0.4) is 0 Å². The largest absolute Gasteiger partial charge is 0.360 e. The summed E-state index contributed by atoms with van der Waals surface area (Å²) in [4.78, 5) is 13.6. The fraction of sp³-hybridized carbons (Fsp3) is 0.300. The molecule has 2 aromatic rings. The minimum atomic E-state index is 0.143. The highest BCUT2D eigenvalue weighted by Crippen LogP contribution is 2.25. The third kappa shape index (κ3) is 2.56. The monoisotopic (exact) mass is 298 g/mol. The van der Waals surface area contributed by atoms with E-state index in [0.717, 1.165) is 15.3 Å². The van der Waals surface area contributed by atoms with Crippen molar-refractivity contribution >= 4 is 33.1 Å². The Bertz CT molecular complexity index is 485. The Morgan fingerprint density at radius 2 is 2.19 bits per heavy atom. The van der Waals surface area contributed by atoms with Crippen molar-refractivity contribution in [2.45, 2.75) is 19.9 Å². The number of aryl methyl sites for hydroxylation is 1. The second-order valence-electron chi connectivity index (χ2n) is 3.39. The fourth-order valence-electron chi connectivity index (χ4n) is 1.26. The number of hydrogen-bond acceptors (Lipinski definition) is 5. The predicted molar refractivity (Wildman–Crippen MR) is 68.6 cm³/mol. The summed E-state index contributed by atoms with van der Waals surface area (Å²) in [5.41, 5.74) is 0. The lowest BCUT2D eigenvalue weighted by Crippen LogP contribution is -2.08. The first-order chi connectivity index (χ1) is 7.66. The van der Waals surface area contributed by atoms with Gasteiger partial charge in [-0.3, -0.25) is 0 Å². The van der Waals surface area contributed by atoms with Gasteiger partial charge in [-0.1, -0.05) is 0 Å². The summed E-state index contributed by atoms with van der Waals surface area (Å²) in [7, 11) is 0. The molecule has 0 aliphatic rings. The van der Waals surface area contributed by atoms with Gasteiger partial charge in [0.2, 0.25) is 0 Å². The molecule has 84 valence electrons. The van der Waals surface area contributed by atoms with Gasteiger partial charge in [0, 0.05) is 17.3 Å². The smallest absolute Gasteiger partial charge is 0.144 e. The number of hydrogen-bond donors (Lipinski definition) is 1. The molecule has 0 fully saturated rings. The molecular formula is C10H11BrN4S. The zero-order chi connectivity index (χ0) is 11.5. The van der Waals surface area contributed by atoms with Gasteiger partial charge in [0.05, 0.1) is 10.5 Å². The summed E-state index contributed by atoms with van der Waals surface area (Å²) in [6.45, 7) is 4.11. The van der Waals surface area contributed by atoms with E-state index >= 15 is 0 Å². The van der Waals surface area contributed by atoms with Gasteiger partial charge < -0.3 is 5.32 Å². The Kier molecular flexibility index (Phi) is 3.50. The standard InChI is InChI=1S/C10H11BrN4S/c1-6-3-13-10(16-6)7(2)15-9-8(11)4-12-5-14-9/h3-5,7H,1-2H3,(H,12,14,15). The van der Waals surface area contributed by atoms with Gasteiger partial charge >= 0.3 is 0 Å². The molecule has 1 N–H and O–H groups in total. The maximum Gasteiger partial charge on any atom is 0.144 e. The minimum absolute atomic E-state index is 0.143. The molecule has 0 aliphatic carbocycles. The Hall–Kier alpha value is -1.01. The van der Waals surface area contributed by atoms with Crippen molar-refractivity contribution in [1.29, 1.82) is 0 Å². The first-order valence-electron chi connectivity index (χ1n) is 4.81. The van der Waals surface area contributed by atoms with Crippen LogP contribution in [0.1, 0.15) is 22.9 Å². The topological polar surface area (TPSA) is 50.7 Å². The van der Waals surface area contributed by atoms with Gasteiger partial charge in [0.25, 0.3) is 0 Å². The lowest BCUT2D eigenvalue weighted by Gasteiger charge is -2.12. The summed E-state index contributed by atoms with van der Waals surface area (Å²) in [6.07, 6.45) is 5.12. The van der Waals surface area contributed by atoms with Crippen LogP contribution in [-0.2, 0) is 0 Å². The van der Waals surface area contributed by atoms with Crippen LogP contribution >= 0.6 is 27.3 Å². The van der Waals surface area contributed by atoms with Crippen LogP contribution in [0.25, 0.3) is 0 Å². The van der Waals surface area contributed by atoms with Crippen molar-refractivity contribution in [3.63, 3.8) is 0 Å². The lowest BCUT2D eigenvalue weighted by molar-refractivity contribution is 0.856. The molecule has 0 saturated carbocycles. The van der Waals surface area contributed by atoms with Gasteiger partial charge in [0.1, 0.15) is 17.2 Å².